The minimum Gasteiger partial charge on any atom is -0.478 e. The lowest BCUT2D eigenvalue weighted by Gasteiger charge is -2.01. The first kappa shape index (κ1) is 14.3. The molecule has 2 heterocycles. The molecule has 0 unspecified atom stereocenters. The minimum atomic E-state index is -0.997. The number of hydrogen-bond acceptors (Lipinski definition) is 5. The van der Waals surface area contributed by atoms with Crippen molar-refractivity contribution in [2.75, 3.05) is 5.32 Å². The van der Waals surface area contributed by atoms with Crippen LogP contribution in [0.3, 0.4) is 0 Å². The molecule has 0 saturated carbocycles. The summed E-state index contributed by atoms with van der Waals surface area (Å²) in [5.41, 5.74) is 2.86. The van der Waals surface area contributed by atoms with E-state index in [0.29, 0.717) is 26.4 Å². The number of carboxylic acids is 1. The van der Waals surface area contributed by atoms with Gasteiger partial charge in [-0.2, -0.15) is 0 Å². The number of anilines is 1. The summed E-state index contributed by atoms with van der Waals surface area (Å²) in [6.45, 7) is 0. The molecule has 0 radical (unpaired) electrons. The highest BCUT2D eigenvalue weighted by Gasteiger charge is 2.12. The van der Waals surface area contributed by atoms with Crippen molar-refractivity contribution < 1.29 is 14.7 Å². The molecule has 118 valence electrons. The van der Waals surface area contributed by atoms with Gasteiger partial charge >= 0.3 is 5.97 Å². The second kappa shape index (κ2) is 5.43. The average Bonchev–Trinajstić information content (AvgIpc) is 3.18. The fourth-order valence-electron chi connectivity index (χ4n) is 2.35. The maximum atomic E-state index is 12.4. The van der Waals surface area contributed by atoms with Gasteiger partial charge in [0.15, 0.2) is 5.13 Å². The fraction of sp³-hybridized carbons (Fsp3) is 0. The van der Waals surface area contributed by atoms with Crippen molar-refractivity contribution in [2.24, 2.45) is 0 Å². The van der Waals surface area contributed by atoms with Crippen LogP contribution in [0.15, 0.2) is 42.7 Å². The number of carbonyl (C=O) groups excluding carboxylic acids is 1. The Hall–Kier alpha value is -3.26. The van der Waals surface area contributed by atoms with E-state index in [1.54, 1.807) is 36.7 Å². The van der Waals surface area contributed by atoms with E-state index in [-0.39, 0.29) is 11.5 Å². The number of aromatic carboxylic acids is 1. The molecule has 0 bridgehead atoms. The van der Waals surface area contributed by atoms with Crippen molar-refractivity contribution in [2.45, 2.75) is 0 Å². The van der Waals surface area contributed by atoms with Crippen LogP contribution in [-0.4, -0.2) is 31.9 Å². The SMILES string of the molecule is O=C(O)c1ccc2nc(NC(=O)c3ccc4[nH]cnc4c3)sc2c1. The van der Waals surface area contributed by atoms with Crippen molar-refractivity contribution in [1.82, 2.24) is 15.0 Å². The fourth-order valence-corrected chi connectivity index (χ4v) is 3.25. The molecule has 0 aliphatic carbocycles. The number of benzene rings is 2. The van der Waals surface area contributed by atoms with E-state index >= 15 is 0 Å². The molecule has 1 amide bonds. The van der Waals surface area contributed by atoms with E-state index in [4.69, 9.17) is 5.11 Å². The van der Waals surface area contributed by atoms with Gasteiger partial charge in [-0.25, -0.2) is 14.8 Å². The van der Waals surface area contributed by atoms with E-state index < -0.39 is 5.97 Å². The molecule has 0 fully saturated rings. The highest BCUT2D eigenvalue weighted by Crippen LogP contribution is 2.27. The van der Waals surface area contributed by atoms with Crippen molar-refractivity contribution in [3.05, 3.63) is 53.9 Å². The topological polar surface area (TPSA) is 108 Å². The summed E-state index contributed by atoms with van der Waals surface area (Å²) in [6.07, 6.45) is 1.57. The number of fused-ring (bicyclic) bond motifs is 2. The third-order valence-electron chi connectivity index (χ3n) is 3.54. The quantitative estimate of drug-likeness (QED) is 0.532. The van der Waals surface area contributed by atoms with Crippen molar-refractivity contribution in [3.8, 4) is 0 Å². The van der Waals surface area contributed by atoms with Crippen molar-refractivity contribution in [3.63, 3.8) is 0 Å². The lowest BCUT2D eigenvalue weighted by atomic mass is 10.2. The van der Waals surface area contributed by atoms with Crippen molar-refractivity contribution >= 4 is 49.6 Å². The molecule has 0 aliphatic rings. The van der Waals surface area contributed by atoms with Crippen LogP contribution in [0, 0.1) is 0 Å². The Balaban J connectivity index is 1.62. The smallest absolute Gasteiger partial charge is 0.335 e. The van der Waals surface area contributed by atoms with Gasteiger partial charge in [-0.1, -0.05) is 11.3 Å². The van der Waals surface area contributed by atoms with E-state index in [0.717, 1.165) is 5.52 Å². The highest BCUT2D eigenvalue weighted by atomic mass is 32.1. The zero-order chi connectivity index (χ0) is 16.7. The number of aromatic amines is 1. The number of aromatic nitrogens is 3. The van der Waals surface area contributed by atoms with Gasteiger partial charge in [-0.05, 0) is 36.4 Å². The second-order valence-corrected chi connectivity index (χ2v) is 6.13. The summed E-state index contributed by atoms with van der Waals surface area (Å²) < 4.78 is 0.702. The van der Waals surface area contributed by atoms with Gasteiger partial charge in [0, 0.05) is 5.56 Å². The second-order valence-electron chi connectivity index (χ2n) is 5.10. The zero-order valence-electron chi connectivity index (χ0n) is 12.1. The number of carbonyl (C=O) groups is 2. The van der Waals surface area contributed by atoms with Crippen LogP contribution in [0.5, 0.6) is 0 Å². The molecular formula is C16H10N4O3S. The number of thiazole rings is 1. The monoisotopic (exact) mass is 338 g/mol. The molecule has 0 saturated heterocycles. The molecule has 4 aromatic rings. The molecule has 8 heteroatoms. The number of hydrogen-bond donors (Lipinski definition) is 3. The number of imidazole rings is 1. The summed E-state index contributed by atoms with van der Waals surface area (Å²) >= 11 is 1.23. The van der Waals surface area contributed by atoms with Gasteiger partial charge in [0.05, 0.1) is 33.1 Å². The lowest BCUT2D eigenvalue weighted by molar-refractivity contribution is 0.0697. The highest BCUT2D eigenvalue weighted by molar-refractivity contribution is 7.22. The molecule has 2 aromatic heterocycles. The lowest BCUT2D eigenvalue weighted by Crippen LogP contribution is -2.11. The van der Waals surface area contributed by atoms with E-state index in [1.807, 2.05) is 0 Å². The number of H-pyrrole nitrogens is 1. The number of nitrogens with zero attached hydrogens (tertiary/aromatic N) is 2. The van der Waals surface area contributed by atoms with E-state index in [1.165, 1.54) is 17.4 Å². The van der Waals surface area contributed by atoms with Gasteiger partial charge in [-0.3, -0.25) is 10.1 Å². The predicted molar refractivity (Wildman–Crippen MR) is 90.6 cm³/mol. The molecule has 0 aliphatic heterocycles. The number of rotatable bonds is 3. The predicted octanol–water partition coefficient (Wildman–Crippen LogP) is 3.12. The largest absolute Gasteiger partial charge is 0.478 e. The molecular weight excluding hydrogens is 328 g/mol. The average molecular weight is 338 g/mol. The molecule has 4 rings (SSSR count). The van der Waals surface area contributed by atoms with Gasteiger partial charge in [-0.15, -0.1) is 0 Å². The Morgan fingerprint density at radius 3 is 2.75 bits per heavy atom. The summed E-state index contributed by atoms with van der Waals surface area (Å²) in [5.74, 6) is -1.29. The summed E-state index contributed by atoms with van der Waals surface area (Å²) in [5, 5.41) is 12.2. The Morgan fingerprint density at radius 1 is 1.08 bits per heavy atom. The van der Waals surface area contributed by atoms with Gasteiger partial charge in [0.2, 0.25) is 0 Å². The normalized spacial score (nSPS) is 11.0. The van der Waals surface area contributed by atoms with Crippen LogP contribution in [0.1, 0.15) is 20.7 Å². The number of carboxylic acid groups (broad SMARTS) is 1. The van der Waals surface area contributed by atoms with Gasteiger partial charge in [0.25, 0.3) is 5.91 Å². The van der Waals surface area contributed by atoms with E-state index in [2.05, 4.69) is 20.3 Å². The molecule has 3 N–H and O–H groups in total. The Kier molecular flexibility index (Phi) is 3.24. The summed E-state index contributed by atoms with van der Waals surface area (Å²) in [4.78, 5) is 34.8. The van der Waals surface area contributed by atoms with Crippen LogP contribution in [0.25, 0.3) is 21.3 Å². The van der Waals surface area contributed by atoms with Crippen LogP contribution in [0.4, 0.5) is 5.13 Å². The van der Waals surface area contributed by atoms with Gasteiger partial charge < -0.3 is 10.1 Å². The molecule has 7 nitrogen and oxygen atoms in total. The maximum absolute atomic E-state index is 12.4. The molecule has 0 atom stereocenters. The first-order valence-electron chi connectivity index (χ1n) is 6.98. The third-order valence-corrected chi connectivity index (χ3v) is 4.47. The van der Waals surface area contributed by atoms with Gasteiger partial charge in [0.1, 0.15) is 0 Å². The zero-order valence-corrected chi connectivity index (χ0v) is 12.9. The standard InChI is InChI=1S/C16H10N4O3S/c21-14(8-1-3-10-12(5-8)18-7-17-10)20-16-19-11-4-2-9(15(22)23)6-13(11)24-16/h1-7H,(H,17,18)(H,22,23)(H,19,20,21). The van der Waals surface area contributed by atoms with Crippen LogP contribution >= 0.6 is 11.3 Å². The number of amides is 1. The third kappa shape index (κ3) is 2.48. The minimum absolute atomic E-state index is 0.188. The maximum Gasteiger partial charge on any atom is 0.335 e. The molecule has 0 spiro atoms. The first-order valence-corrected chi connectivity index (χ1v) is 7.80. The number of nitrogens with one attached hydrogen (secondary N) is 2. The van der Waals surface area contributed by atoms with Crippen LogP contribution < -0.4 is 5.32 Å². The Morgan fingerprint density at radius 2 is 1.92 bits per heavy atom. The van der Waals surface area contributed by atoms with E-state index in [9.17, 15) is 9.59 Å². The van der Waals surface area contributed by atoms with Crippen LogP contribution in [0.2, 0.25) is 0 Å². The molecule has 2 aromatic carbocycles. The van der Waals surface area contributed by atoms with Crippen LogP contribution in [-0.2, 0) is 0 Å². The van der Waals surface area contributed by atoms with Crippen molar-refractivity contribution in [1.29, 1.82) is 0 Å². The summed E-state index contributed by atoms with van der Waals surface area (Å²) in [6, 6.07) is 9.83. The molecule has 24 heavy (non-hydrogen) atoms. The Labute approximate surface area is 139 Å². The Bertz CT molecular complexity index is 1100. The first-order chi connectivity index (χ1) is 11.6. The summed E-state index contributed by atoms with van der Waals surface area (Å²) in [7, 11) is 0.